The highest BCUT2D eigenvalue weighted by Gasteiger charge is 2.42. The van der Waals surface area contributed by atoms with Gasteiger partial charge in [0.25, 0.3) is 5.91 Å². The summed E-state index contributed by atoms with van der Waals surface area (Å²) in [5, 5.41) is 3.10. The predicted octanol–water partition coefficient (Wildman–Crippen LogP) is 2.59. The maximum absolute atomic E-state index is 12.0. The van der Waals surface area contributed by atoms with Crippen molar-refractivity contribution in [1.29, 1.82) is 0 Å². The van der Waals surface area contributed by atoms with Crippen LogP contribution in [0, 0.1) is 17.8 Å². The van der Waals surface area contributed by atoms with E-state index in [9.17, 15) is 4.79 Å². The highest BCUT2D eigenvalue weighted by atomic mass is 16.5. The van der Waals surface area contributed by atoms with Crippen molar-refractivity contribution in [3.63, 3.8) is 0 Å². The zero-order chi connectivity index (χ0) is 14.8. The van der Waals surface area contributed by atoms with Crippen LogP contribution in [0.3, 0.4) is 0 Å². The molecule has 1 aromatic rings. The van der Waals surface area contributed by atoms with E-state index in [0.29, 0.717) is 17.4 Å². The molecule has 0 aliphatic heterocycles. The van der Waals surface area contributed by atoms with E-state index in [2.05, 4.69) is 12.2 Å². The molecule has 114 valence electrons. The van der Waals surface area contributed by atoms with Crippen LogP contribution in [0.5, 0.6) is 5.75 Å². The van der Waals surface area contributed by atoms with Gasteiger partial charge in [-0.3, -0.25) is 4.79 Å². The summed E-state index contributed by atoms with van der Waals surface area (Å²) in [6.45, 7) is 2.20. The van der Waals surface area contributed by atoms with Crippen LogP contribution in [0.15, 0.2) is 24.3 Å². The average molecular weight is 288 g/mol. The Balaban J connectivity index is 1.44. The van der Waals surface area contributed by atoms with Crippen molar-refractivity contribution < 1.29 is 9.53 Å². The summed E-state index contributed by atoms with van der Waals surface area (Å²) in [7, 11) is 0. The summed E-state index contributed by atoms with van der Waals surface area (Å²) in [6, 6.07) is 7.35. The standard InChI is InChI=1S/C17H24N2O2/c1-11(16-9-12-2-3-13(16)8-12)19-17(20)10-21-15-6-4-14(18)5-7-15/h4-7,11-13,16H,2-3,8-10,18H2,1H3,(H,19,20). The average Bonchev–Trinajstić information content (AvgIpc) is 3.09. The van der Waals surface area contributed by atoms with Crippen molar-refractivity contribution in [3.05, 3.63) is 24.3 Å². The van der Waals surface area contributed by atoms with Crippen molar-refractivity contribution >= 4 is 11.6 Å². The number of carbonyl (C=O) groups is 1. The Morgan fingerprint density at radius 1 is 1.33 bits per heavy atom. The molecular formula is C17H24N2O2. The van der Waals surface area contributed by atoms with Gasteiger partial charge in [0, 0.05) is 11.7 Å². The lowest BCUT2D eigenvalue weighted by Crippen LogP contribution is -2.42. The Bertz CT molecular complexity index is 500. The van der Waals surface area contributed by atoms with E-state index in [1.807, 2.05) is 0 Å². The summed E-state index contributed by atoms with van der Waals surface area (Å²) in [5.41, 5.74) is 6.30. The Morgan fingerprint density at radius 3 is 2.71 bits per heavy atom. The summed E-state index contributed by atoms with van der Waals surface area (Å²) >= 11 is 0. The zero-order valence-electron chi connectivity index (χ0n) is 12.5. The van der Waals surface area contributed by atoms with Gasteiger partial charge in [-0.1, -0.05) is 6.42 Å². The molecule has 2 aliphatic rings. The molecular weight excluding hydrogens is 264 g/mol. The molecule has 1 aromatic carbocycles. The molecule has 1 amide bonds. The first-order chi connectivity index (χ1) is 10.1. The van der Waals surface area contributed by atoms with Crippen LogP contribution in [-0.2, 0) is 4.79 Å². The van der Waals surface area contributed by atoms with Gasteiger partial charge in [-0.05, 0) is 68.2 Å². The number of ether oxygens (including phenoxy) is 1. The van der Waals surface area contributed by atoms with Crippen molar-refractivity contribution in [2.24, 2.45) is 17.8 Å². The fourth-order valence-electron chi connectivity index (χ4n) is 4.02. The fourth-order valence-corrected chi connectivity index (χ4v) is 4.02. The van der Waals surface area contributed by atoms with Gasteiger partial charge < -0.3 is 15.8 Å². The third kappa shape index (κ3) is 3.31. The highest BCUT2D eigenvalue weighted by Crippen LogP contribution is 2.49. The minimum atomic E-state index is -0.0397. The molecule has 2 fully saturated rings. The highest BCUT2D eigenvalue weighted by molar-refractivity contribution is 5.77. The van der Waals surface area contributed by atoms with Crippen LogP contribution >= 0.6 is 0 Å². The van der Waals surface area contributed by atoms with E-state index in [0.717, 1.165) is 11.8 Å². The molecule has 4 heteroatoms. The van der Waals surface area contributed by atoms with Crippen LogP contribution < -0.4 is 15.8 Å². The van der Waals surface area contributed by atoms with Gasteiger partial charge in [0.1, 0.15) is 5.75 Å². The number of amides is 1. The molecule has 4 unspecified atom stereocenters. The largest absolute Gasteiger partial charge is 0.484 e. The van der Waals surface area contributed by atoms with Crippen molar-refractivity contribution in [3.8, 4) is 5.75 Å². The first-order valence-electron chi connectivity index (χ1n) is 7.89. The lowest BCUT2D eigenvalue weighted by atomic mass is 9.84. The zero-order valence-corrected chi connectivity index (χ0v) is 12.5. The number of fused-ring (bicyclic) bond motifs is 2. The third-order valence-electron chi connectivity index (χ3n) is 5.07. The molecule has 0 radical (unpaired) electrons. The molecule has 21 heavy (non-hydrogen) atoms. The van der Waals surface area contributed by atoms with Crippen molar-refractivity contribution in [2.75, 3.05) is 12.3 Å². The topological polar surface area (TPSA) is 64.3 Å². The molecule has 0 saturated heterocycles. The summed E-state index contributed by atoms with van der Waals surface area (Å²) in [5.74, 6) is 3.02. The van der Waals surface area contributed by atoms with Gasteiger partial charge >= 0.3 is 0 Å². The van der Waals surface area contributed by atoms with Gasteiger partial charge in [-0.25, -0.2) is 0 Å². The van der Waals surface area contributed by atoms with Gasteiger partial charge in [-0.2, -0.15) is 0 Å². The maximum Gasteiger partial charge on any atom is 0.258 e. The third-order valence-corrected chi connectivity index (χ3v) is 5.07. The lowest BCUT2D eigenvalue weighted by molar-refractivity contribution is -0.124. The van der Waals surface area contributed by atoms with E-state index < -0.39 is 0 Å². The van der Waals surface area contributed by atoms with Crippen LogP contribution in [-0.4, -0.2) is 18.6 Å². The summed E-state index contributed by atoms with van der Waals surface area (Å²) < 4.78 is 5.48. The first kappa shape index (κ1) is 14.2. The first-order valence-corrected chi connectivity index (χ1v) is 7.89. The van der Waals surface area contributed by atoms with Gasteiger partial charge in [0.2, 0.25) is 0 Å². The number of nitrogens with two attached hydrogens (primary N) is 1. The number of hydrogen-bond donors (Lipinski definition) is 2. The van der Waals surface area contributed by atoms with Gasteiger partial charge in [-0.15, -0.1) is 0 Å². The van der Waals surface area contributed by atoms with Crippen molar-refractivity contribution in [1.82, 2.24) is 5.32 Å². The lowest BCUT2D eigenvalue weighted by Gasteiger charge is -2.28. The fraction of sp³-hybridized carbons (Fsp3) is 0.588. The molecule has 2 aliphatic carbocycles. The van der Waals surface area contributed by atoms with E-state index >= 15 is 0 Å². The minimum Gasteiger partial charge on any atom is -0.484 e. The molecule has 3 rings (SSSR count). The Morgan fingerprint density at radius 2 is 2.10 bits per heavy atom. The monoisotopic (exact) mass is 288 g/mol. The molecule has 4 nitrogen and oxygen atoms in total. The normalized spacial score (nSPS) is 28.3. The van der Waals surface area contributed by atoms with Crippen LogP contribution in [0.1, 0.15) is 32.6 Å². The summed E-state index contributed by atoms with van der Waals surface area (Å²) in [4.78, 5) is 12.0. The van der Waals surface area contributed by atoms with E-state index in [4.69, 9.17) is 10.5 Å². The molecule has 2 saturated carbocycles. The Kier molecular flexibility index (Phi) is 4.04. The predicted molar refractivity (Wildman–Crippen MR) is 82.9 cm³/mol. The summed E-state index contributed by atoms with van der Waals surface area (Å²) in [6.07, 6.45) is 5.39. The number of nitrogens with one attached hydrogen (secondary N) is 1. The number of hydrogen-bond acceptors (Lipinski definition) is 3. The smallest absolute Gasteiger partial charge is 0.258 e. The van der Waals surface area contributed by atoms with Crippen LogP contribution in [0.2, 0.25) is 0 Å². The molecule has 0 heterocycles. The molecule has 3 N–H and O–H groups in total. The number of nitrogen functional groups attached to an aromatic ring is 1. The van der Waals surface area contributed by atoms with Gasteiger partial charge in [0.05, 0.1) is 0 Å². The molecule has 4 atom stereocenters. The molecule has 2 bridgehead atoms. The van der Waals surface area contributed by atoms with E-state index in [-0.39, 0.29) is 18.6 Å². The molecule has 0 spiro atoms. The maximum atomic E-state index is 12.0. The SMILES string of the molecule is CC(NC(=O)COc1ccc(N)cc1)C1CC2CCC1C2. The number of anilines is 1. The van der Waals surface area contributed by atoms with E-state index in [1.54, 1.807) is 24.3 Å². The second-order valence-electron chi connectivity index (χ2n) is 6.55. The number of rotatable bonds is 5. The Labute approximate surface area is 126 Å². The van der Waals surface area contributed by atoms with E-state index in [1.165, 1.54) is 25.7 Å². The Hall–Kier alpha value is -1.71. The van der Waals surface area contributed by atoms with Crippen molar-refractivity contribution in [2.45, 2.75) is 38.6 Å². The number of carbonyl (C=O) groups excluding carboxylic acids is 1. The second-order valence-corrected chi connectivity index (χ2v) is 6.55. The van der Waals surface area contributed by atoms with Gasteiger partial charge in [0.15, 0.2) is 6.61 Å². The molecule has 0 aromatic heterocycles. The minimum absolute atomic E-state index is 0.0397. The van der Waals surface area contributed by atoms with Crippen LogP contribution in [0.4, 0.5) is 5.69 Å². The van der Waals surface area contributed by atoms with Crippen LogP contribution in [0.25, 0.3) is 0 Å². The number of benzene rings is 1. The quantitative estimate of drug-likeness (QED) is 0.819. The second kappa shape index (κ2) is 5.96.